The first-order valence-corrected chi connectivity index (χ1v) is 6.51. The number of halogens is 1. The van der Waals surface area contributed by atoms with Gasteiger partial charge in [0.25, 0.3) is 0 Å². The molecule has 1 aromatic heterocycles. The number of imidazole rings is 1. The molecule has 1 N–H and O–H groups in total. The molecule has 1 heterocycles. The minimum absolute atomic E-state index is 0.116. The smallest absolute Gasteiger partial charge is 0.243 e. The fraction of sp³-hybridized carbons (Fsp3) is 0.333. The van der Waals surface area contributed by atoms with E-state index in [0.717, 1.165) is 16.9 Å². The number of benzene rings is 1. The zero-order chi connectivity index (χ0) is 14.7. The van der Waals surface area contributed by atoms with Crippen molar-refractivity contribution in [3.8, 4) is 0 Å². The van der Waals surface area contributed by atoms with E-state index in [1.807, 2.05) is 31.5 Å². The number of nitrogens with zero attached hydrogens (tertiary/aromatic N) is 2. The minimum Gasteiger partial charge on any atom is -0.352 e. The highest BCUT2D eigenvalue weighted by molar-refractivity contribution is 5.88. The van der Waals surface area contributed by atoms with Gasteiger partial charge >= 0.3 is 0 Å². The van der Waals surface area contributed by atoms with Crippen molar-refractivity contribution in [2.75, 3.05) is 6.54 Å². The van der Waals surface area contributed by atoms with E-state index < -0.39 is 0 Å². The molecule has 0 saturated carbocycles. The lowest BCUT2D eigenvalue weighted by molar-refractivity contribution is -0.116. The minimum atomic E-state index is -0.321. The van der Waals surface area contributed by atoms with E-state index >= 15 is 0 Å². The summed E-state index contributed by atoms with van der Waals surface area (Å²) in [6, 6.07) is 4.89. The van der Waals surface area contributed by atoms with Crippen LogP contribution in [0.5, 0.6) is 0 Å². The number of carbonyl (C=O) groups is 1. The highest BCUT2D eigenvalue weighted by Gasteiger charge is 2.10. The summed E-state index contributed by atoms with van der Waals surface area (Å²) < 4.78 is 15.5. The number of allylic oxidation sites excluding steroid dienone is 1. The molecule has 0 spiro atoms. The first-order chi connectivity index (χ1) is 9.49. The molecular weight excluding hydrogens is 257 g/mol. The molecule has 0 unspecified atom stereocenters. The van der Waals surface area contributed by atoms with Gasteiger partial charge in [-0.2, -0.15) is 0 Å². The number of aromatic nitrogens is 2. The molecule has 1 aromatic carbocycles. The Morgan fingerprint density at radius 1 is 1.45 bits per heavy atom. The summed E-state index contributed by atoms with van der Waals surface area (Å²) in [6.07, 6.45) is 2.11. The predicted molar refractivity (Wildman–Crippen MR) is 76.8 cm³/mol. The highest BCUT2D eigenvalue weighted by Crippen LogP contribution is 2.17. The largest absolute Gasteiger partial charge is 0.352 e. The van der Waals surface area contributed by atoms with Crippen molar-refractivity contribution < 1.29 is 9.18 Å². The van der Waals surface area contributed by atoms with Crippen LogP contribution in [0.1, 0.15) is 19.7 Å². The van der Waals surface area contributed by atoms with Crippen LogP contribution in [-0.4, -0.2) is 22.0 Å². The van der Waals surface area contributed by atoms with Crippen molar-refractivity contribution in [2.45, 2.75) is 20.3 Å². The maximum atomic E-state index is 13.6. The molecule has 0 bridgehead atoms. The van der Waals surface area contributed by atoms with E-state index in [2.05, 4.69) is 10.3 Å². The molecular formula is C15H18FN3O. The second kappa shape index (κ2) is 5.86. The zero-order valence-corrected chi connectivity index (χ0v) is 11.9. The van der Waals surface area contributed by atoms with Crippen LogP contribution < -0.4 is 5.32 Å². The van der Waals surface area contributed by atoms with E-state index in [1.54, 1.807) is 12.1 Å². The molecule has 0 aliphatic rings. The predicted octanol–water partition coefficient (Wildman–Crippen LogP) is 2.34. The molecule has 4 nitrogen and oxygen atoms in total. The molecule has 0 radical (unpaired) electrons. The number of hydrogen-bond donors (Lipinski definition) is 1. The average Bonchev–Trinajstić information content (AvgIpc) is 2.68. The van der Waals surface area contributed by atoms with E-state index in [-0.39, 0.29) is 11.7 Å². The zero-order valence-electron chi connectivity index (χ0n) is 11.9. The van der Waals surface area contributed by atoms with Crippen molar-refractivity contribution >= 4 is 16.9 Å². The summed E-state index contributed by atoms with van der Waals surface area (Å²) in [5, 5.41) is 2.79. The van der Waals surface area contributed by atoms with Gasteiger partial charge in [-0.3, -0.25) is 4.79 Å². The summed E-state index contributed by atoms with van der Waals surface area (Å²) in [5.74, 6) is 0.315. The second-order valence-corrected chi connectivity index (χ2v) is 4.96. The summed E-state index contributed by atoms with van der Waals surface area (Å²) in [6.45, 7) is 4.21. The molecule has 5 heteroatoms. The number of fused-ring (bicyclic) bond motifs is 1. The molecule has 0 fully saturated rings. The van der Waals surface area contributed by atoms with Crippen LogP contribution in [0.3, 0.4) is 0 Å². The summed E-state index contributed by atoms with van der Waals surface area (Å²) in [4.78, 5) is 15.8. The van der Waals surface area contributed by atoms with Crippen LogP contribution in [0, 0.1) is 5.82 Å². The number of nitrogens with one attached hydrogen (secondary N) is 1. The number of hydrogen-bond acceptors (Lipinski definition) is 2. The van der Waals surface area contributed by atoms with Crippen molar-refractivity contribution in [1.82, 2.24) is 14.9 Å². The third-order valence-electron chi connectivity index (χ3n) is 3.02. The lowest BCUT2D eigenvalue weighted by atomic mass is 10.3. The van der Waals surface area contributed by atoms with Gasteiger partial charge in [0, 0.05) is 26.1 Å². The van der Waals surface area contributed by atoms with Crippen molar-refractivity contribution in [2.24, 2.45) is 7.05 Å². The van der Waals surface area contributed by atoms with E-state index in [4.69, 9.17) is 0 Å². The average molecular weight is 275 g/mol. The summed E-state index contributed by atoms with van der Waals surface area (Å²) in [7, 11) is 1.85. The molecule has 106 valence electrons. The van der Waals surface area contributed by atoms with Crippen LogP contribution in [0.2, 0.25) is 0 Å². The maximum Gasteiger partial charge on any atom is 0.243 e. The van der Waals surface area contributed by atoms with Gasteiger partial charge in [0.1, 0.15) is 11.3 Å². The standard InChI is InChI=1S/C15H18FN3O/c1-10(2)9-14(20)17-8-7-13-18-15-11(16)5-4-6-12(15)19(13)3/h4-6,9H,7-8H2,1-3H3,(H,17,20). The normalized spacial score (nSPS) is 10.6. The number of amides is 1. The van der Waals surface area contributed by atoms with Gasteiger partial charge in [0.05, 0.1) is 5.52 Å². The highest BCUT2D eigenvalue weighted by atomic mass is 19.1. The Kier molecular flexibility index (Phi) is 4.17. The first kappa shape index (κ1) is 14.2. The summed E-state index contributed by atoms with van der Waals surface area (Å²) >= 11 is 0. The lowest BCUT2D eigenvalue weighted by Crippen LogP contribution is -2.24. The Hall–Kier alpha value is -2.17. The van der Waals surface area contributed by atoms with E-state index in [0.29, 0.717) is 18.5 Å². The maximum absolute atomic E-state index is 13.6. The monoisotopic (exact) mass is 275 g/mol. The van der Waals surface area contributed by atoms with Crippen molar-refractivity contribution in [3.05, 3.63) is 41.5 Å². The Morgan fingerprint density at radius 3 is 2.85 bits per heavy atom. The van der Waals surface area contributed by atoms with Crippen molar-refractivity contribution in [3.63, 3.8) is 0 Å². The SMILES string of the molecule is CC(C)=CC(=O)NCCc1nc2c(F)cccc2n1C. The molecule has 0 aliphatic carbocycles. The van der Waals surface area contributed by atoms with Gasteiger partial charge in [-0.1, -0.05) is 11.6 Å². The van der Waals surface area contributed by atoms with Gasteiger partial charge < -0.3 is 9.88 Å². The van der Waals surface area contributed by atoms with Gasteiger partial charge in [-0.05, 0) is 26.0 Å². The Balaban J connectivity index is 2.07. The fourth-order valence-electron chi connectivity index (χ4n) is 2.06. The molecule has 0 atom stereocenters. The molecule has 1 amide bonds. The quantitative estimate of drug-likeness (QED) is 0.871. The molecule has 2 aromatic rings. The third-order valence-corrected chi connectivity index (χ3v) is 3.02. The Labute approximate surface area is 117 Å². The van der Waals surface area contributed by atoms with E-state index in [1.165, 1.54) is 6.07 Å². The molecule has 0 saturated heterocycles. The second-order valence-electron chi connectivity index (χ2n) is 4.96. The summed E-state index contributed by atoms with van der Waals surface area (Å²) in [5.41, 5.74) is 2.09. The Bertz CT molecular complexity index is 669. The molecule has 0 aliphatic heterocycles. The van der Waals surface area contributed by atoms with Gasteiger partial charge in [-0.25, -0.2) is 9.37 Å². The Morgan fingerprint density at radius 2 is 2.20 bits per heavy atom. The van der Waals surface area contributed by atoms with Crippen LogP contribution >= 0.6 is 0 Å². The fourth-order valence-corrected chi connectivity index (χ4v) is 2.06. The van der Waals surface area contributed by atoms with Crippen LogP contribution in [0.15, 0.2) is 29.8 Å². The number of carbonyl (C=O) groups excluding carboxylic acids is 1. The van der Waals surface area contributed by atoms with Gasteiger partial charge in [0.2, 0.25) is 5.91 Å². The van der Waals surface area contributed by atoms with Crippen LogP contribution in [-0.2, 0) is 18.3 Å². The number of para-hydroxylation sites is 1. The lowest BCUT2D eigenvalue weighted by Gasteiger charge is -2.03. The van der Waals surface area contributed by atoms with Gasteiger partial charge in [0.15, 0.2) is 5.82 Å². The first-order valence-electron chi connectivity index (χ1n) is 6.51. The van der Waals surface area contributed by atoms with Gasteiger partial charge in [-0.15, -0.1) is 0 Å². The molecule has 2 rings (SSSR count). The third kappa shape index (κ3) is 3.04. The number of aryl methyl sites for hydroxylation is 1. The van der Waals surface area contributed by atoms with Crippen molar-refractivity contribution in [1.29, 1.82) is 0 Å². The topological polar surface area (TPSA) is 46.9 Å². The van der Waals surface area contributed by atoms with Crippen LogP contribution in [0.25, 0.3) is 11.0 Å². The van der Waals surface area contributed by atoms with E-state index in [9.17, 15) is 9.18 Å². The van der Waals surface area contributed by atoms with Crippen LogP contribution in [0.4, 0.5) is 4.39 Å². The molecule has 20 heavy (non-hydrogen) atoms. The number of rotatable bonds is 4.